The van der Waals surface area contributed by atoms with Crippen LogP contribution < -0.4 is 5.32 Å². The zero-order valence-corrected chi connectivity index (χ0v) is 17.4. The summed E-state index contributed by atoms with van der Waals surface area (Å²) in [6.07, 6.45) is 5.75. The van der Waals surface area contributed by atoms with Gasteiger partial charge in [0.05, 0.1) is 0 Å². The van der Waals surface area contributed by atoms with Crippen molar-refractivity contribution < 1.29 is 0 Å². The van der Waals surface area contributed by atoms with Crippen LogP contribution >= 0.6 is 0 Å². The molecule has 2 heterocycles. The molecule has 0 unspecified atom stereocenters. The SMILES string of the molecule is Cc1cncc(-c2cnc(NCc3ccccc3)c3c(-c4ccccc4)cccc23)c1. The van der Waals surface area contributed by atoms with Crippen LogP contribution in [0.25, 0.3) is 33.0 Å². The quantitative estimate of drug-likeness (QED) is 0.349. The van der Waals surface area contributed by atoms with Crippen molar-refractivity contribution in [1.29, 1.82) is 0 Å². The lowest BCUT2D eigenvalue weighted by Gasteiger charge is -2.16. The van der Waals surface area contributed by atoms with E-state index in [0.717, 1.165) is 34.4 Å². The molecule has 3 heteroatoms. The van der Waals surface area contributed by atoms with E-state index >= 15 is 0 Å². The molecule has 0 atom stereocenters. The summed E-state index contributed by atoms with van der Waals surface area (Å²) in [5.41, 5.74) is 6.88. The predicted octanol–water partition coefficient (Wildman–Crippen LogP) is 6.88. The molecule has 0 fully saturated rings. The number of pyridine rings is 2. The van der Waals surface area contributed by atoms with Crippen LogP contribution in [0.2, 0.25) is 0 Å². The first-order chi connectivity index (χ1) is 15.3. The highest BCUT2D eigenvalue weighted by Crippen LogP contribution is 2.38. The van der Waals surface area contributed by atoms with Gasteiger partial charge < -0.3 is 5.32 Å². The first-order valence-corrected chi connectivity index (χ1v) is 10.5. The van der Waals surface area contributed by atoms with Crippen molar-refractivity contribution >= 4 is 16.6 Å². The first-order valence-electron chi connectivity index (χ1n) is 10.5. The van der Waals surface area contributed by atoms with Gasteiger partial charge >= 0.3 is 0 Å². The number of aryl methyl sites for hydroxylation is 1. The molecule has 0 saturated heterocycles. The second-order valence-electron chi connectivity index (χ2n) is 7.70. The first kappa shape index (κ1) is 19.0. The van der Waals surface area contributed by atoms with Crippen LogP contribution in [0.3, 0.4) is 0 Å². The fourth-order valence-corrected chi connectivity index (χ4v) is 4.00. The topological polar surface area (TPSA) is 37.8 Å². The van der Waals surface area contributed by atoms with Crippen molar-refractivity contribution in [2.24, 2.45) is 0 Å². The number of nitrogens with zero attached hydrogens (tertiary/aromatic N) is 2. The molecule has 0 saturated carbocycles. The Bertz CT molecular complexity index is 1330. The van der Waals surface area contributed by atoms with Crippen molar-refractivity contribution in [3.63, 3.8) is 0 Å². The molecule has 31 heavy (non-hydrogen) atoms. The van der Waals surface area contributed by atoms with E-state index in [2.05, 4.69) is 90.0 Å². The fourth-order valence-electron chi connectivity index (χ4n) is 4.00. The number of fused-ring (bicyclic) bond motifs is 1. The van der Waals surface area contributed by atoms with Crippen LogP contribution in [0, 0.1) is 6.92 Å². The Labute approximate surface area is 182 Å². The van der Waals surface area contributed by atoms with Gasteiger partial charge in [-0.05, 0) is 40.6 Å². The van der Waals surface area contributed by atoms with Gasteiger partial charge in [0.15, 0.2) is 0 Å². The van der Waals surface area contributed by atoms with Crippen molar-refractivity contribution in [3.05, 3.63) is 115 Å². The summed E-state index contributed by atoms with van der Waals surface area (Å²) >= 11 is 0. The lowest BCUT2D eigenvalue weighted by atomic mass is 9.94. The molecular formula is C28H23N3. The highest BCUT2D eigenvalue weighted by Gasteiger charge is 2.14. The van der Waals surface area contributed by atoms with E-state index in [1.54, 1.807) is 0 Å². The summed E-state index contributed by atoms with van der Waals surface area (Å²) in [6.45, 7) is 2.79. The molecule has 0 aliphatic heterocycles. The molecule has 1 N–H and O–H groups in total. The largest absolute Gasteiger partial charge is 0.365 e. The Kier molecular flexibility index (Phi) is 5.16. The maximum Gasteiger partial charge on any atom is 0.134 e. The van der Waals surface area contributed by atoms with Crippen LogP contribution in [0.1, 0.15) is 11.1 Å². The zero-order valence-electron chi connectivity index (χ0n) is 17.4. The van der Waals surface area contributed by atoms with Crippen molar-refractivity contribution in [1.82, 2.24) is 9.97 Å². The van der Waals surface area contributed by atoms with Gasteiger partial charge in [-0.2, -0.15) is 0 Å². The van der Waals surface area contributed by atoms with E-state index in [0.29, 0.717) is 0 Å². The minimum atomic E-state index is 0.720. The van der Waals surface area contributed by atoms with Gasteiger partial charge in [0.1, 0.15) is 5.82 Å². The molecule has 3 nitrogen and oxygen atoms in total. The van der Waals surface area contributed by atoms with E-state index in [4.69, 9.17) is 4.98 Å². The minimum Gasteiger partial charge on any atom is -0.365 e. The van der Waals surface area contributed by atoms with E-state index < -0.39 is 0 Å². The fraction of sp³-hybridized carbons (Fsp3) is 0.0714. The molecule has 5 rings (SSSR count). The third kappa shape index (κ3) is 3.90. The number of anilines is 1. The molecule has 0 radical (unpaired) electrons. The van der Waals surface area contributed by atoms with Crippen LogP contribution in [-0.2, 0) is 6.54 Å². The Balaban J connectivity index is 1.70. The second kappa shape index (κ2) is 8.41. The highest BCUT2D eigenvalue weighted by atomic mass is 15.0. The van der Waals surface area contributed by atoms with Gasteiger partial charge in [0.2, 0.25) is 0 Å². The van der Waals surface area contributed by atoms with Crippen LogP contribution in [0.15, 0.2) is 104 Å². The standard InChI is InChI=1S/C28H23N3/c1-20-15-23(18-29-16-20)26-19-31-28(30-17-21-9-4-2-5-10-21)27-24(13-8-14-25(26)27)22-11-6-3-7-12-22/h2-16,18-19H,17H2,1H3,(H,30,31). The summed E-state index contributed by atoms with van der Waals surface area (Å²) in [7, 11) is 0. The maximum atomic E-state index is 4.88. The van der Waals surface area contributed by atoms with Crippen molar-refractivity contribution in [2.45, 2.75) is 13.5 Å². The Morgan fingerprint density at radius 3 is 2.26 bits per heavy atom. The van der Waals surface area contributed by atoms with Gasteiger partial charge in [-0.15, -0.1) is 0 Å². The van der Waals surface area contributed by atoms with E-state index in [-0.39, 0.29) is 0 Å². The number of benzene rings is 3. The number of hydrogen-bond acceptors (Lipinski definition) is 3. The van der Waals surface area contributed by atoms with Gasteiger partial charge in [-0.1, -0.05) is 78.9 Å². The summed E-state index contributed by atoms with van der Waals surface area (Å²) in [5, 5.41) is 5.87. The zero-order chi connectivity index (χ0) is 21.0. The summed E-state index contributed by atoms with van der Waals surface area (Å²) in [5.74, 6) is 0.891. The van der Waals surface area contributed by atoms with E-state index in [9.17, 15) is 0 Å². The average molecular weight is 402 g/mol. The number of aromatic nitrogens is 2. The Hall–Kier alpha value is -3.98. The lowest BCUT2D eigenvalue weighted by Crippen LogP contribution is -2.03. The van der Waals surface area contributed by atoms with Gasteiger partial charge in [-0.25, -0.2) is 4.98 Å². The second-order valence-corrected chi connectivity index (χ2v) is 7.70. The minimum absolute atomic E-state index is 0.720. The van der Waals surface area contributed by atoms with Crippen LogP contribution in [-0.4, -0.2) is 9.97 Å². The Morgan fingerprint density at radius 1 is 0.710 bits per heavy atom. The molecule has 0 aliphatic rings. The van der Waals surface area contributed by atoms with Gasteiger partial charge in [-0.3, -0.25) is 4.98 Å². The Morgan fingerprint density at radius 2 is 1.48 bits per heavy atom. The number of rotatable bonds is 5. The normalized spacial score (nSPS) is 10.9. The van der Waals surface area contributed by atoms with Crippen LogP contribution in [0.4, 0.5) is 5.82 Å². The van der Waals surface area contributed by atoms with Crippen molar-refractivity contribution in [3.8, 4) is 22.3 Å². The molecule has 0 spiro atoms. The van der Waals surface area contributed by atoms with Crippen molar-refractivity contribution in [2.75, 3.05) is 5.32 Å². The molecule has 3 aromatic carbocycles. The smallest absolute Gasteiger partial charge is 0.134 e. The summed E-state index contributed by atoms with van der Waals surface area (Å²) < 4.78 is 0. The molecular weight excluding hydrogens is 378 g/mol. The van der Waals surface area contributed by atoms with Crippen LogP contribution in [0.5, 0.6) is 0 Å². The monoisotopic (exact) mass is 401 g/mol. The van der Waals surface area contributed by atoms with Gasteiger partial charge in [0, 0.05) is 41.6 Å². The average Bonchev–Trinajstić information content (AvgIpc) is 2.83. The molecule has 2 aromatic heterocycles. The van der Waals surface area contributed by atoms with E-state index in [1.807, 2.05) is 30.7 Å². The third-order valence-electron chi connectivity index (χ3n) is 5.49. The van der Waals surface area contributed by atoms with Gasteiger partial charge in [0.25, 0.3) is 0 Å². The number of hydrogen-bond donors (Lipinski definition) is 1. The highest BCUT2D eigenvalue weighted by molar-refractivity contribution is 6.09. The van der Waals surface area contributed by atoms with E-state index in [1.165, 1.54) is 22.1 Å². The maximum absolute atomic E-state index is 4.88. The predicted molar refractivity (Wildman–Crippen MR) is 129 cm³/mol. The lowest BCUT2D eigenvalue weighted by molar-refractivity contribution is 1.12. The molecule has 5 aromatic rings. The molecule has 0 amide bonds. The molecule has 0 bridgehead atoms. The molecule has 0 aliphatic carbocycles. The number of nitrogens with one attached hydrogen (secondary N) is 1. The summed E-state index contributed by atoms with van der Waals surface area (Å²) in [6, 6.07) is 29.5. The third-order valence-corrected chi connectivity index (χ3v) is 5.49. The molecule has 150 valence electrons. The summed E-state index contributed by atoms with van der Waals surface area (Å²) in [4.78, 5) is 9.28.